The molecule has 2 N–H and O–H groups in total. The fourth-order valence-corrected chi connectivity index (χ4v) is 1.80. The van der Waals surface area contributed by atoms with Gasteiger partial charge in [0.15, 0.2) is 0 Å². The molecule has 0 atom stereocenters. The maximum absolute atomic E-state index is 5.26. The van der Waals surface area contributed by atoms with Crippen molar-refractivity contribution in [2.45, 2.75) is 32.3 Å². The zero-order valence-electron chi connectivity index (χ0n) is 8.34. The lowest BCUT2D eigenvalue weighted by atomic mass is 9.83. The molecule has 0 bridgehead atoms. The normalized spacial score (nSPS) is 23.0. The van der Waals surface area contributed by atoms with Crippen molar-refractivity contribution < 1.29 is 4.84 Å². The monoisotopic (exact) mass is 172 g/mol. The van der Waals surface area contributed by atoms with E-state index in [9.17, 15) is 0 Å². The van der Waals surface area contributed by atoms with Crippen LogP contribution in [0.15, 0.2) is 0 Å². The number of likely N-dealkylation sites (tertiary alicyclic amines) is 1. The fourth-order valence-electron chi connectivity index (χ4n) is 1.80. The second-order valence-electron chi connectivity index (χ2n) is 4.30. The number of nitrogens with two attached hydrogens (primary N) is 1. The van der Waals surface area contributed by atoms with Crippen molar-refractivity contribution in [3.8, 4) is 0 Å². The van der Waals surface area contributed by atoms with Crippen LogP contribution in [0, 0.1) is 5.92 Å². The van der Waals surface area contributed by atoms with Crippen LogP contribution < -0.4 is 5.90 Å². The first-order chi connectivity index (χ1) is 5.56. The molecule has 1 saturated heterocycles. The molecule has 72 valence electrons. The van der Waals surface area contributed by atoms with Gasteiger partial charge in [-0.3, -0.25) is 4.84 Å². The molecule has 0 aromatic carbocycles. The average molecular weight is 172 g/mol. The Labute approximate surface area is 74.8 Å². The predicted molar refractivity (Wildman–Crippen MR) is 49.6 cm³/mol. The molecule has 0 amide bonds. The van der Waals surface area contributed by atoms with Crippen LogP contribution in [0.4, 0.5) is 0 Å². The molecule has 3 heteroatoms. The van der Waals surface area contributed by atoms with E-state index in [-0.39, 0.29) is 5.60 Å². The van der Waals surface area contributed by atoms with Crippen LogP contribution in [-0.2, 0) is 4.84 Å². The minimum absolute atomic E-state index is 0.152. The average Bonchev–Trinajstić information content (AvgIpc) is 2.05. The Kier molecular flexibility index (Phi) is 3.09. The zero-order chi connectivity index (χ0) is 9.19. The van der Waals surface area contributed by atoms with Crippen LogP contribution in [0.3, 0.4) is 0 Å². The molecule has 1 aliphatic heterocycles. The van der Waals surface area contributed by atoms with Gasteiger partial charge in [-0.1, -0.05) is 0 Å². The molecule has 3 nitrogen and oxygen atoms in total. The third-order valence-electron chi connectivity index (χ3n) is 3.01. The highest BCUT2D eigenvalue weighted by atomic mass is 16.6. The summed E-state index contributed by atoms with van der Waals surface area (Å²) in [4.78, 5) is 7.34. The Hall–Kier alpha value is -0.120. The summed E-state index contributed by atoms with van der Waals surface area (Å²) in [6.45, 7) is 6.47. The lowest BCUT2D eigenvalue weighted by molar-refractivity contribution is -0.0772. The third-order valence-corrected chi connectivity index (χ3v) is 3.01. The third kappa shape index (κ3) is 2.19. The van der Waals surface area contributed by atoms with Crippen LogP contribution in [-0.4, -0.2) is 30.6 Å². The van der Waals surface area contributed by atoms with Gasteiger partial charge >= 0.3 is 0 Å². The lowest BCUT2D eigenvalue weighted by Crippen LogP contribution is -2.43. The van der Waals surface area contributed by atoms with Gasteiger partial charge in [0.1, 0.15) is 0 Å². The largest absolute Gasteiger partial charge is 0.306 e. The van der Waals surface area contributed by atoms with E-state index < -0.39 is 0 Å². The van der Waals surface area contributed by atoms with Gasteiger partial charge in [-0.2, -0.15) is 0 Å². The molecule has 1 heterocycles. The first-order valence-electron chi connectivity index (χ1n) is 4.62. The molecule has 12 heavy (non-hydrogen) atoms. The number of rotatable bonds is 2. The summed E-state index contributed by atoms with van der Waals surface area (Å²) in [5.41, 5.74) is -0.152. The summed E-state index contributed by atoms with van der Waals surface area (Å²) in [7, 11) is 2.16. The SMILES string of the molecule is CN1CCC(C(C)(C)ON)CC1. The van der Waals surface area contributed by atoms with Crippen molar-refractivity contribution >= 4 is 0 Å². The lowest BCUT2D eigenvalue weighted by Gasteiger charge is -2.37. The first-order valence-corrected chi connectivity index (χ1v) is 4.62. The van der Waals surface area contributed by atoms with Gasteiger partial charge in [-0.15, -0.1) is 0 Å². The van der Waals surface area contributed by atoms with E-state index in [1.54, 1.807) is 0 Å². The second-order valence-corrected chi connectivity index (χ2v) is 4.30. The summed E-state index contributed by atoms with van der Waals surface area (Å²) >= 11 is 0. The molecule has 0 radical (unpaired) electrons. The Morgan fingerprint density at radius 2 is 1.83 bits per heavy atom. The molecule has 0 unspecified atom stereocenters. The van der Waals surface area contributed by atoms with Crippen LogP contribution >= 0.6 is 0 Å². The summed E-state index contributed by atoms with van der Waals surface area (Å²) in [5, 5.41) is 0. The zero-order valence-corrected chi connectivity index (χ0v) is 8.34. The van der Waals surface area contributed by atoms with E-state index in [1.807, 2.05) is 0 Å². The number of hydrogen-bond donors (Lipinski definition) is 1. The highest BCUT2D eigenvalue weighted by Crippen LogP contribution is 2.29. The van der Waals surface area contributed by atoms with Crippen LogP contribution in [0.1, 0.15) is 26.7 Å². The first kappa shape index (κ1) is 9.96. The van der Waals surface area contributed by atoms with Gasteiger partial charge < -0.3 is 4.90 Å². The number of hydrogen-bond acceptors (Lipinski definition) is 3. The van der Waals surface area contributed by atoms with Crippen molar-refractivity contribution in [2.75, 3.05) is 20.1 Å². The molecular weight excluding hydrogens is 152 g/mol. The predicted octanol–water partition coefficient (Wildman–Crippen LogP) is 0.997. The van der Waals surface area contributed by atoms with Crippen molar-refractivity contribution in [3.63, 3.8) is 0 Å². The highest BCUT2D eigenvalue weighted by Gasteiger charge is 2.32. The van der Waals surface area contributed by atoms with E-state index >= 15 is 0 Å². The Bertz CT molecular complexity index is 139. The topological polar surface area (TPSA) is 38.5 Å². The van der Waals surface area contributed by atoms with Crippen LogP contribution in [0.5, 0.6) is 0 Å². The van der Waals surface area contributed by atoms with E-state index in [2.05, 4.69) is 25.8 Å². The van der Waals surface area contributed by atoms with Crippen molar-refractivity contribution in [3.05, 3.63) is 0 Å². The standard InChI is InChI=1S/C9H20N2O/c1-9(2,12-10)8-4-6-11(3)7-5-8/h8H,4-7,10H2,1-3H3. The summed E-state index contributed by atoms with van der Waals surface area (Å²) in [6.07, 6.45) is 2.39. The van der Waals surface area contributed by atoms with E-state index in [0.29, 0.717) is 5.92 Å². The van der Waals surface area contributed by atoms with Crippen molar-refractivity contribution in [2.24, 2.45) is 11.8 Å². The van der Waals surface area contributed by atoms with Crippen molar-refractivity contribution in [1.29, 1.82) is 0 Å². The fraction of sp³-hybridized carbons (Fsp3) is 1.00. The molecule has 1 fully saturated rings. The van der Waals surface area contributed by atoms with E-state index in [1.165, 1.54) is 12.8 Å². The molecule has 0 spiro atoms. The number of piperidine rings is 1. The summed E-state index contributed by atoms with van der Waals surface area (Å²) < 4.78 is 0. The van der Waals surface area contributed by atoms with Crippen molar-refractivity contribution in [1.82, 2.24) is 4.90 Å². The molecule has 0 saturated carbocycles. The quantitative estimate of drug-likeness (QED) is 0.631. The summed E-state index contributed by atoms with van der Waals surface area (Å²) in [5.74, 6) is 5.87. The Morgan fingerprint density at radius 1 is 1.33 bits per heavy atom. The van der Waals surface area contributed by atoms with E-state index in [4.69, 9.17) is 10.7 Å². The van der Waals surface area contributed by atoms with Gasteiger partial charge in [-0.25, -0.2) is 5.90 Å². The second kappa shape index (κ2) is 3.73. The molecule has 0 aromatic heterocycles. The van der Waals surface area contributed by atoms with E-state index in [0.717, 1.165) is 13.1 Å². The van der Waals surface area contributed by atoms with Crippen LogP contribution in [0.2, 0.25) is 0 Å². The molecular formula is C9H20N2O. The van der Waals surface area contributed by atoms with Gasteiger partial charge in [-0.05, 0) is 52.7 Å². The van der Waals surface area contributed by atoms with Gasteiger partial charge in [0.05, 0.1) is 5.60 Å². The number of nitrogens with zero attached hydrogens (tertiary/aromatic N) is 1. The van der Waals surface area contributed by atoms with Gasteiger partial charge in [0, 0.05) is 0 Å². The minimum atomic E-state index is -0.152. The Morgan fingerprint density at radius 3 is 2.25 bits per heavy atom. The van der Waals surface area contributed by atoms with Crippen LogP contribution in [0.25, 0.3) is 0 Å². The molecule has 1 aliphatic rings. The maximum atomic E-state index is 5.26. The summed E-state index contributed by atoms with van der Waals surface area (Å²) in [6, 6.07) is 0. The van der Waals surface area contributed by atoms with Gasteiger partial charge in [0.25, 0.3) is 0 Å². The smallest absolute Gasteiger partial charge is 0.0866 e. The maximum Gasteiger partial charge on any atom is 0.0866 e. The minimum Gasteiger partial charge on any atom is -0.306 e. The van der Waals surface area contributed by atoms with Gasteiger partial charge in [0.2, 0.25) is 0 Å². The molecule has 0 aromatic rings. The molecule has 0 aliphatic carbocycles. The Balaban J connectivity index is 2.44. The molecule has 1 rings (SSSR count). The highest BCUT2D eigenvalue weighted by molar-refractivity contribution is 4.83.